The lowest BCUT2D eigenvalue weighted by molar-refractivity contribution is -0.120. The molecule has 0 bridgehead atoms. The number of rotatable bonds is 11. The summed E-state index contributed by atoms with van der Waals surface area (Å²) in [5.74, 6) is 0.191. The van der Waals surface area contributed by atoms with E-state index in [4.69, 9.17) is 0 Å². The summed E-state index contributed by atoms with van der Waals surface area (Å²) in [6.07, 6.45) is 0. The molecule has 0 saturated carbocycles. The van der Waals surface area contributed by atoms with Gasteiger partial charge in [0.25, 0.3) is 0 Å². The van der Waals surface area contributed by atoms with Crippen LogP contribution >= 0.6 is 0 Å². The van der Waals surface area contributed by atoms with Gasteiger partial charge < -0.3 is 16.0 Å². The van der Waals surface area contributed by atoms with Crippen LogP contribution in [0, 0.1) is 0 Å². The van der Waals surface area contributed by atoms with Gasteiger partial charge in [-0.2, -0.15) is 0 Å². The fourth-order valence-electron chi connectivity index (χ4n) is 1.59. The normalized spacial score (nSPS) is 15.6. The van der Waals surface area contributed by atoms with Crippen LogP contribution in [0.3, 0.4) is 0 Å². The van der Waals surface area contributed by atoms with Gasteiger partial charge in [0.1, 0.15) is 17.3 Å². The number of carbonyl (C=O) groups is 3. The van der Waals surface area contributed by atoms with E-state index in [0.717, 1.165) is 0 Å². The Labute approximate surface area is 127 Å². The average Bonchev–Trinajstić information content (AvgIpc) is 2.40. The molecule has 6 nitrogen and oxygen atoms in total. The molecule has 3 atom stereocenters. The third kappa shape index (κ3) is 8.70. The van der Waals surface area contributed by atoms with E-state index in [1.54, 1.807) is 20.8 Å². The molecule has 0 aromatic carbocycles. The van der Waals surface area contributed by atoms with Crippen molar-refractivity contribution < 1.29 is 14.4 Å². The fourth-order valence-corrected chi connectivity index (χ4v) is 1.59. The van der Waals surface area contributed by atoms with E-state index < -0.39 is 0 Å². The molecule has 21 heavy (non-hydrogen) atoms. The molecule has 0 spiro atoms. The zero-order valence-corrected chi connectivity index (χ0v) is 13.9. The van der Waals surface area contributed by atoms with E-state index in [1.165, 1.54) is 20.8 Å². The number of hydrogen-bond donors (Lipinski definition) is 3. The van der Waals surface area contributed by atoms with E-state index >= 15 is 0 Å². The molecular weight excluding hydrogens is 270 g/mol. The van der Waals surface area contributed by atoms with Crippen molar-refractivity contribution in [1.82, 2.24) is 16.0 Å². The van der Waals surface area contributed by atoms with E-state index in [9.17, 15) is 14.4 Å². The fraction of sp³-hybridized carbons (Fsp3) is 0.800. The van der Waals surface area contributed by atoms with Crippen LogP contribution in [-0.4, -0.2) is 54.6 Å². The van der Waals surface area contributed by atoms with Crippen molar-refractivity contribution in [3.63, 3.8) is 0 Å². The second-order valence-electron chi connectivity index (χ2n) is 5.68. The number of hydrogen-bond acceptors (Lipinski definition) is 6. The smallest absolute Gasteiger partial charge is 0.146 e. The predicted molar refractivity (Wildman–Crippen MR) is 83.4 cm³/mol. The Balaban J connectivity index is 4.50. The van der Waals surface area contributed by atoms with Crippen molar-refractivity contribution in [2.45, 2.75) is 65.7 Å². The minimum absolute atomic E-state index is 0.0486. The summed E-state index contributed by atoms with van der Waals surface area (Å²) in [6.45, 7) is 11.1. The van der Waals surface area contributed by atoms with E-state index in [1.807, 2.05) is 0 Å². The highest BCUT2D eigenvalue weighted by Crippen LogP contribution is 1.93. The molecule has 122 valence electrons. The first-order chi connectivity index (χ1) is 9.65. The number of nitrogens with one attached hydrogen (secondary N) is 3. The number of carbonyl (C=O) groups excluding carboxylic acids is 3. The van der Waals surface area contributed by atoms with Crippen LogP contribution < -0.4 is 16.0 Å². The minimum atomic E-state index is -0.265. The van der Waals surface area contributed by atoms with Crippen LogP contribution in [0.15, 0.2) is 0 Å². The molecule has 0 aromatic heterocycles. The lowest BCUT2D eigenvalue weighted by atomic mass is 10.1. The second-order valence-corrected chi connectivity index (χ2v) is 5.68. The van der Waals surface area contributed by atoms with Gasteiger partial charge in [0.05, 0.1) is 18.1 Å². The van der Waals surface area contributed by atoms with Gasteiger partial charge in [0.2, 0.25) is 0 Å². The molecule has 0 amide bonds. The van der Waals surface area contributed by atoms with Crippen molar-refractivity contribution >= 4 is 17.3 Å². The molecular formula is C15H29N3O3. The Morgan fingerprint density at radius 2 is 1.05 bits per heavy atom. The van der Waals surface area contributed by atoms with Gasteiger partial charge in [0.15, 0.2) is 0 Å². The third-order valence-corrected chi connectivity index (χ3v) is 3.66. The maximum absolute atomic E-state index is 11.4. The maximum atomic E-state index is 11.4. The summed E-state index contributed by atoms with van der Waals surface area (Å²) in [5, 5.41) is 9.47. The van der Waals surface area contributed by atoms with E-state index in [-0.39, 0.29) is 41.5 Å². The Morgan fingerprint density at radius 3 is 1.33 bits per heavy atom. The van der Waals surface area contributed by atoms with Gasteiger partial charge >= 0.3 is 0 Å². The van der Waals surface area contributed by atoms with Crippen molar-refractivity contribution in [2.75, 3.05) is 13.1 Å². The molecule has 0 aliphatic carbocycles. The highest BCUT2D eigenvalue weighted by molar-refractivity contribution is 5.81. The quantitative estimate of drug-likeness (QED) is 0.500. The van der Waals surface area contributed by atoms with E-state index in [0.29, 0.717) is 13.1 Å². The molecule has 6 heteroatoms. The zero-order valence-electron chi connectivity index (χ0n) is 13.9. The first-order valence-electron chi connectivity index (χ1n) is 7.39. The highest BCUT2D eigenvalue weighted by Gasteiger charge is 2.18. The summed E-state index contributed by atoms with van der Waals surface area (Å²) in [7, 11) is 0. The van der Waals surface area contributed by atoms with Gasteiger partial charge in [0, 0.05) is 19.1 Å². The SMILES string of the molecule is CC(=O)[C@H](C)NCC(CN[C@@H](C)C(C)=O)N[C@@H](C)C(C)=O. The van der Waals surface area contributed by atoms with Crippen LogP contribution in [0.2, 0.25) is 0 Å². The minimum Gasteiger partial charge on any atom is -0.306 e. The van der Waals surface area contributed by atoms with Gasteiger partial charge in [-0.25, -0.2) is 0 Å². The van der Waals surface area contributed by atoms with Gasteiger partial charge in [-0.1, -0.05) is 0 Å². The Morgan fingerprint density at radius 1 is 0.714 bits per heavy atom. The van der Waals surface area contributed by atoms with Crippen molar-refractivity contribution in [2.24, 2.45) is 0 Å². The molecule has 0 aliphatic heterocycles. The monoisotopic (exact) mass is 299 g/mol. The summed E-state index contributed by atoms with van der Waals surface area (Å²) in [6, 6.07) is -0.773. The predicted octanol–water partition coefficient (Wildman–Crippen LogP) is 0.0563. The molecule has 0 aromatic rings. The molecule has 0 saturated heterocycles. The van der Waals surface area contributed by atoms with Crippen LogP contribution in [0.5, 0.6) is 0 Å². The van der Waals surface area contributed by atoms with Crippen LogP contribution in [0.1, 0.15) is 41.5 Å². The standard InChI is InChI=1S/C15H29N3O3/c1-9(12(4)19)16-7-15(18-11(3)14(6)21)8-17-10(2)13(5)20/h9-11,15-18H,7-8H2,1-6H3/t9-,10-,11-/m0/s1. The van der Waals surface area contributed by atoms with Crippen molar-refractivity contribution in [3.05, 3.63) is 0 Å². The lowest BCUT2D eigenvalue weighted by Gasteiger charge is -2.25. The van der Waals surface area contributed by atoms with Crippen LogP contribution in [-0.2, 0) is 14.4 Å². The first-order valence-corrected chi connectivity index (χ1v) is 7.39. The highest BCUT2D eigenvalue weighted by atomic mass is 16.1. The van der Waals surface area contributed by atoms with Crippen molar-refractivity contribution in [3.8, 4) is 0 Å². The maximum Gasteiger partial charge on any atom is 0.146 e. The topological polar surface area (TPSA) is 87.3 Å². The Hall–Kier alpha value is -1.11. The summed E-state index contributed by atoms with van der Waals surface area (Å²) in [4.78, 5) is 33.8. The van der Waals surface area contributed by atoms with Gasteiger partial charge in [-0.3, -0.25) is 14.4 Å². The largest absolute Gasteiger partial charge is 0.306 e. The molecule has 3 N–H and O–H groups in total. The van der Waals surface area contributed by atoms with Gasteiger partial charge in [-0.05, 0) is 41.5 Å². The van der Waals surface area contributed by atoms with Crippen molar-refractivity contribution in [1.29, 1.82) is 0 Å². The van der Waals surface area contributed by atoms with Crippen LogP contribution in [0.4, 0.5) is 0 Å². The van der Waals surface area contributed by atoms with Gasteiger partial charge in [-0.15, -0.1) is 0 Å². The first kappa shape index (κ1) is 19.9. The summed E-state index contributed by atoms with van der Waals surface area (Å²) >= 11 is 0. The number of ketones is 3. The lowest BCUT2D eigenvalue weighted by Crippen LogP contribution is -2.53. The molecule has 0 fully saturated rings. The van der Waals surface area contributed by atoms with Crippen LogP contribution in [0.25, 0.3) is 0 Å². The Kier molecular flexibility index (Phi) is 9.24. The molecule has 0 aliphatic rings. The molecule has 0 unspecified atom stereocenters. The molecule has 0 heterocycles. The van der Waals surface area contributed by atoms with E-state index in [2.05, 4.69) is 16.0 Å². The molecule has 0 rings (SSSR count). The molecule has 0 radical (unpaired) electrons. The summed E-state index contributed by atoms with van der Waals surface area (Å²) in [5.41, 5.74) is 0. The summed E-state index contributed by atoms with van der Waals surface area (Å²) < 4.78 is 0. The average molecular weight is 299 g/mol. The second kappa shape index (κ2) is 9.76. The third-order valence-electron chi connectivity index (χ3n) is 3.66. The number of Topliss-reactive ketones (excluding diaryl/α,β-unsaturated/α-hetero) is 3. The Bertz CT molecular complexity index is 347. The zero-order chi connectivity index (χ0) is 16.6.